The molecule has 0 aliphatic carbocycles. The molecule has 1 aliphatic heterocycles. The lowest BCUT2D eigenvalue weighted by Crippen LogP contribution is -2.31. The normalized spacial score (nSPS) is 17.8. The summed E-state index contributed by atoms with van der Waals surface area (Å²) in [4.78, 5) is 14.2. The highest BCUT2D eigenvalue weighted by Crippen LogP contribution is 2.40. The number of ether oxygens (including phenoxy) is 2. The van der Waals surface area contributed by atoms with E-state index in [1.54, 1.807) is 26.0 Å². The van der Waals surface area contributed by atoms with Gasteiger partial charge in [0.2, 0.25) is 0 Å². The molecule has 1 amide bonds. The van der Waals surface area contributed by atoms with Crippen molar-refractivity contribution in [3.05, 3.63) is 88.0 Å². The zero-order chi connectivity index (χ0) is 27.9. The van der Waals surface area contributed by atoms with Gasteiger partial charge in [0, 0.05) is 11.6 Å². The van der Waals surface area contributed by atoms with Crippen LogP contribution in [0.1, 0.15) is 60.6 Å². The summed E-state index contributed by atoms with van der Waals surface area (Å²) < 4.78 is 80.1. The number of benzene rings is 3. The van der Waals surface area contributed by atoms with Crippen LogP contribution in [0.15, 0.2) is 48.5 Å². The molecule has 4 rings (SSSR count). The van der Waals surface area contributed by atoms with Gasteiger partial charge in [-0.15, -0.1) is 0 Å². The van der Waals surface area contributed by atoms with Gasteiger partial charge in [0.1, 0.15) is 23.5 Å². The minimum absolute atomic E-state index is 0.0842. The van der Waals surface area contributed by atoms with Gasteiger partial charge in [0.25, 0.3) is 0 Å². The van der Waals surface area contributed by atoms with Crippen molar-refractivity contribution in [3.8, 4) is 16.9 Å². The maximum absolute atomic E-state index is 14.6. The zero-order valence-electron chi connectivity index (χ0n) is 21.6. The molecule has 3 aromatic rings. The van der Waals surface area contributed by atoms with E-state index in [1.165, 1.54) is 36.3 Å². The number of alkyl halides is 3. The number of amides is 1. The van der Waals surface area contributed by atoms with Crippen LogP contribution in [-0.2, 0) is 17.5 Å². The Labute approximate surface area is 218 Å². The molecule has 1 fully saturated rings. The molecule has 1 aliphatic rings. The highest BCUT2D eigenvalue weighted by molar-refractivity contribution is 5.76. The van der Waals surface area contributed by atoms with Crippen LogP contribution < -0.4 is 4.74 Å². The monoisotopic (exact) mass is 533 g/mol. The number of nitrogens with zero attached hydrogens (tertiary/aromatic N) is 1. The standard InChI is InChI=1S/C29H28F5NO3/c1-15(2)23-12-24(26(37-5)13-25(23)31)22-7-6-21(30)11-19(22)14-35-17(4)27(38-28(35)36)18-8-16(3)9-20(10-18)29(32,33)34/h6-13,15,17,27H,14H2,1-5H3/t17?,27-/m0/s1. The summed E-state index contributed by atoms with van der Waals surface area (Å²) >= 11 is 0. The molecule has 2 atom stereocenters. The number of methoxy groups -OCH3 is 1. The summed E-state index contributed by atoms with van der Waals surface area (Å²) in [5, 5.41) is 0. The highest BCUT2D eigenvalue weighted by atomic mass is 19.4. The number of rotatable bonds is 6. The summed E-state index contributed by atoms with van der Waals surface area (Å²) in [5.41, 5.74) is 1.70. The summed E-state index contributed by atoms with van der Waals surface area (Å²) in [6.07, 6.45) is -6.23. The van der Waals surface area contributed by atoms with Gasteiger partial charge in [-0.05, 0) is 72.4 Å². The van der Waals surface area contributed by atoms with Crippen LogP contribution in [0, 0.1) is 18.6 Å². The molecule has 1 heterocycles. The molecule has 0 N–H and O–H groups in total. The van der Waals surface area contributed by atoms with E-state index < -0.39 is 41.6 Å². The molecule has 0 saturated carbocycles. The molecule has 202 valence electrons. The summed E-state index contributed by atoms with van der Waals surface area (Å²) in [6.45, 7) is 6.81. The average Bonchev–Trinajstić information content (AvgIpc) is 3.11. The predicted molar refractivity (Wildman–Crippen MR) is 133 cm³/mol. The van der Waals surface area contributed by atoms with Crippen LogP contribution >= 0.6 is 0 Å². The minimum atomic E-state index is -4.55. The summed E-state index contributed by atoms with van der Waals surface area (Å²) in [7, 11) is 1.40. The smallest absolute Gasteiger partial charge is 0.416 e. The number of carbonyl (C=O) groups excluding carboxylic acids is 1. The quantitative estimate of drug-likeness (QED) is 0.300. The predicted octanol–water partition coefficient (Wildman–Crippen LogP) is 8.17. The van der Waals surface area contributed by atoms with E-state index in [0.717, 1.165) is 12.1 Å². The van der Waals surface area contributed by atoms with Crippen molar-refractivity contribution in [2.24, 2.45) is 0 Å². The number of aryl methyl sites for hydroxylation is 1. The molecule has 0 radical (unpaired) electrons. The van der Waals surface area contributed by atoms with Crippen LogP contribution in [0.3, 0.4) is 0 Å². The van der Waals surface area contributed by atoms with E-state index >= 15 is 0 Å². The van der Waals surface area contributed by atoms with Crippen molar-refractivity contribution >= 4 is 6.09 Å². The first-order valence-electron chi connectivity index (χ1n) is 12.1. The van der Waals surface area contributed by atoms with E-state index in [-0.39, 0.29) is 23.8 Å². The third kappa shape index (κ3) is 5.33. The molecule has 4 nitrogen and oxygen atoms in total. The van der Waals surface area contributed by atoms with Crippen LogP contribution in [0.4, 0.5) is 26.7 Å². The third-order valence-corrected chi connectivity index (χ3v) is 6.79. The van der Waals surface area contributed by atoms with Crippen molar-refractivity contribution in [2.45, 2.75) is 58.5 Å². The van der Waals surface area contributed by atoms with E-state index in [0.29, 0.717) is 27.8 Å². The fraction of sp³-hybridized carbons (Fsp3) is 0.345. The van der Waals surface area contributed by atoms with Gasteiger partial charge in [-0.2, -0.15) is 13.2 Å². The van der Waals surface area contributed by atoms with Crippen LogP contribution in [0.5, 0.6) is 5.75 Å². The van der Waals surface area contributed by atoms with Gasteiger partial charge < -0.3 is 9.47 Å². The molecular weight excluding hydrogens is 505 g/mol. The summed E-state index contributed by atoms with van der Waals surface area (Å²) in [6, 6.07) is 9.90. The van der Waals surface area contributed by atoms with Crippen LogP contribution in [-0.4, -0.2) is 24.1 Å². The lowest BCUT2D eigenvalue weighted by molar-refractivity contribution is -0.137. The molecule has 1 saturated heterocycles. The van der Waals surface area contributed by atoms with Crippen molar-refractivity contribution in [1.29, 1.82) is 0 Å². The van der Waals surface area contributed by atoms with E-state index in [9.17, 15) is 26.7 Å². The van der Waals surface area contributed by atoms with Crippen molar-refractivity contribution in [2.75, 3.05) is 7.11 Å². The van der Waals surface area contributed by atoms with Gasteiger partial charge in [0.05, 0.1) is 25.3 Å². The SMILES string of the molecule is COc1cc(F)c(C(C)C)cc1-c1ccc(F)cc1CN1C(=O)O[C@H](c2cc(C)cc(C(F)(F)F)c2)C1C. The fourth-order valence-corrected chi connectivity index (χ4v) is 4.83. The maximum Gasteiger partial charge on any atom is 0.416 e. The molecule has 0 aromatic heterocycles. The first-order chi connectivity index (χ1) is 17.8. The zero-order valence-corrected chi connectivity index (χ0v) is 21.6. The second kappa shape index (κ2) is 10.3. The second-order valence-corrected chi connectivity index (χ2v) is 9.83. The molecule has 0 spiro atoms. The van der Waals surface area contributed by atoms with E-state index in [1.807, 2.05) is 13.8 Å². The summed E-state index contributed by atoms with van der Waals surface area (Å²) in [5.74, 6) is -0.859. The average molecular weight is 534 g/mol. The molecule has 3 aromatic carbocycles. The number of cyclic esters (lactones) is 1. The second-order valence-electron chi connectivity index (χ2n) is 9.83. The van der Waals surface area contributed by atoms with Crippen molar-refractivity contribution in [3.63, 3.8) is 0 Å². The van der Waals surface area contributed by atoms with Crippen molar-refractivity contribution < 1.29 is 36.2 Å². The fourth-order valence-electron chi connectivity index (χ4n) is 4.83. The van der Waals surface area contributed by atoms with Gasteiger partial charge >= 0.3 is 12.3 Å². The lowest BCUT2D eigenvalue weighted by atomic mass is 9.92. The Bertz CT molecular complexity index is 1370. The highest BCUT2D eigenvalue weighted by Gasteiger charge is 2.41. The Morgan fingerprint density at radius 3 is 2.37 bits per heavy atom. The molecular formula is C29H28F5NO3. The van der Waals surface area contributed by atoms with Gasteiger partial charge in [-0.25, -0.2) is 13.6 Å². The molecule has 1 unspecified atom stereocenters. The number of halogens is 5. The number of carbonyl (C=O) groups is 1. The molecule has 38 heavy (non-hydrogen) atoms. The largest absolute Gasteiger partial charge is 0.496 e. The van der Waals surface area contributed by atoms with Gasteiger partial charge in [-0.3, -0.25) is 4.90 Å². The van der Waals surface area contributed by atoms with Gasteiger partial charge in [0.15, 0.2) is 0 Å². The third-order valence-electron chi connectivity index (χ3n) is 6.79. The topological polar surface area (TPSA) is 38.8 Å². The Kier molecular flexibility index (Phi) is 7.41. The molecule has 0 bridgehead atoms. The van der Waals surface area contributed by atoms with Gasteiger partial charge in [-0.1, -0.05) is 31.5 Å². The van der Waals surface area contributed by atoms with E-state index in [4.69, 9.17) is 9.47 Å². The maximum atomic E-state index is 14.6. The first kappa shape index (κ1) is 27.4. The van der Waals surface area contributed by atoms with Crippen LogP contribution in [0.25, 0.3) is 11.1 Å². The Balaban J connectivity index is 1.72. The lowest BCUT2D eigenvalue weighted by Gasteiger charge is -2.24. The van der Waals surface area contributed by atoms with Crippen molar-refractivity contribution in [1.82, 2.24) is 4.90 Å². The molecule has 9 heteroatoms. The Hall–Kier alpha value is -3.62. The Morgan fingerprint density at radius 2 is 1.74 bits per heavy atom. The number of hydrogen-bond acceptors (Lipinski definition) is 3. The van der Waals surface area contributed by atoms with E-state index in [2.05, 4.69) is 0 Å². The van der Waals surface area contributed by atoms with Crippen LogP contribution in [0.2, 0.25) is 0 Å². The minimum Gasteiger partial charge on any atom is -0.496 e. The number of hydrogen-bond donors (Lipinski definition) is 0. The Morgan fingerprint density at radius 1 is 1.03 bits per heavy atom. The first-order valence-corrected chi connectivity index (χ1v) is 12.1.